The van der Waals surface area contributed by atoms with E-state index in [4.69, 9.17) is 4.74 Å². The predicted molar refractivity (Wildman–Crippen MR) is 144 cm³/mol. The molecule has 204 valence electrons. The lowest BCUT2D eigenvalue weighted by Crippen LogP contribution is -2.42. The fourth-order valence-electron chi connectivity index (χ4n) is 4.55. The second kappa shape index (κ2) is 12.6. The smallest absolute Gasteiger partial charge is 0.321 e. The van der Waals surface area contributed by atoms with E-state index in [9.17, 15) is 18.8 Å². The quantitative estimate of drug-likeness (QED) is 0.552. The Hall–Kier alpha value is -3.86. The van der Waals surface area contributed by atoms with Gasteiger partial charge in [0.1, 0.15) is 5.82 Å². The van der Waals surface area contributed by atoms with Crippen LogP contribution < -0.4 is 20.9 Å². The third-order valence-electron chi connectivity index (χ3n) is 6.44. The molecule has 2 aromatic carbocycles. The zero-order chi connectivity index (χ0) is 27.1. The first-order chi connectivity index (χ1) is 18.3. The molecule has 0 aliphatic carbocycles. The molecule has 2 aliphatic rings. The van der Waals surface area contributed by atoms with Crippen LogP contribution in [0.15, 0.2) is 42.5 Å². The zero-order valence-electron chi connectivity index (χ0n) is 21.8. The van der Waals surface area contributed by atoms with Gasteiger partial charge in [-0.05, 0) is 50.6 Å². The van der Waals surface area contributed by atoms with Gasteiger partial charge in [-0.2, -0.15) is 0 Å². The summed E-state index contributed by atoms with van der Waals surface area (Å²) in [5, 5.41) is 8.24. The second-order valence-electron chi connectivity index (χ2n) is 9.63. The van der Waals surface area contributed by atoms with Crippen molar-refractivity contribution < 1.29 is 23.5 Å². The number of carbonyl (C=O) groups excluding carboxylic acids is 3. The van der Waals surface area contributed by atoms with Crippen molar-refractivity contribution in [2.75, 3.05) is 68.0 Å². The predicted octanol–water partition coefficient (Wildman–Crippen LogP) is 3.57. The van der Waals surface area contributed by atoms with Crippen LogP contribution in [0.4, 0.5) is 31.0 Å². The van der Waals surface area contributed by atoms with E-state index >= 15 is 0 Å². The van der Waals surface area contributed by atoms with Gasteiger partial charge >= 0.3 is 12.1 Å². The van der Waals surface area contributed by atoms with Crippen LogP contribution in [-0.4, -0.2) is 86.3 Å². The molecular formula is C27H35FN6O4. The molecule has 5 amide bonds. The molecule has 2 fully saturated rings. The van der Waals surface area contributed by atoms with E-state index in [2.05, 4.69) is 20.9 Å². The SMILES string of the molecule is CC(C)NC(=O)Nc1ccc(N2CCCN(C(=O)Nc3ccccc3F)CC2)c(C(=O)N2CCOCC2)c1. The molecule has 10 nitrogen and oxygen atoms in total. The van der Waals surface area contributed by atoms with Crippen molar-refractivity contribution in [3.63, 3.8) is 0 Å². The number of morpholine rings is 1. The Bertz CT molecular complexity index is 1150. The number of ether oxygens (including phenoxy) is 1. The molecule has 0 atom stereocenters. The van der Waals surface area contributed by atoms with E-state index < -0.39 is 5.82 Å². The number of para-hydroxylation sites is 1. The maximum absolute atomic E-state index is 14.0. The average Bonchev–Trinajstić information content (AvgIpc) is 3.16. The number of rotatable bonds is 5. The van der Waals surface area contributed by atoms with E-state index in [0.717, 1.165) is 5.69 Å². The number of halogens is 1. The molecule has 2 heterocycles. The van der Waals surface area contributed by atoms with Gasteiger partial charge in [0.2, 0.25) is 0 Å². The van der Waals surface area contributed by atoms with Crippen LogP contribution in [0.1, 0.15) is 30.6 Å². The van der Waals surface area contributed by atoms with E-state index in [1.54, 1.807) is 34.1 Å². The minimum absolute atomic E-state index is 0.0284. The summed E-state index contributed by atoms with van der Waals surface area (Å²) in [6.07, 6.45) is 0.673. The normalized spacial score (nSPS) is 16.2. The lowest BCUT2D eigenvalue weighted by atomic mass is 10.1. The number of urea groups is 2. The number of hydrogen-bond donors (Lipinski definition) is 3. The highest BCUT2D eigenvalue weighted by Gasteiger charge is 2.26. The maximum Gasteiger partial charge on any atom is 0.321 e. The lowest BCUT2D eigenvalue weighted by Gasteiger charge is -2.30. The Morgan fingerprint density at radius 1 is 0.895 bits per heavy atom. The minimum atomic E-state index is -0.487. The summed E-state index contributed by atoms with van der Waals surface area (Å²) in [6, 6.07) is 10.7. The summed E-state index contributed by atoms with van der Waals surface area (Å²) >= 11 is 0. The molecule has 2 saturated heterocycles. The van der Waals surface area contributed by atoms with Crippen LogP contribution in [0.2, 0.25) is 0 Å². The van der Waals surface area contributed by atoms with Gasteiger partial charge in [-0.1, -0.05) is 12.1 Å². The van der Waals surface area contributed by atoms with Gasteiger partial charge in [0.15, 0.2) is 0 Å². The Balaban J connectivity index is 1.51. The second-order valence-corrected chi connectivity index (χ2v) is 9.63. The van der Waals surface area contributed by atoms with Crippen molar-refractivity contribution in [1.82, 2.24) is 15.1 Å². The van der Waals surface area contributed by atoms with Crippen molar-refractivity contribution in [2.24, 2.45) is 0 Å². The molecule has 0 spiro atoms. The first-order valence-electron chi connectivity index (χ1n) is 13.0. The Morgan fingerprint density at radius 3 is 2.39 bits per heavy atom. The highest BCUT2D eigenvalue weighted by Crippen LogP contribution is 2.28. The van der Waals surface area contributed by atoms with Crippen LogP contribution in [-0.2, 0) is 4.74 Å². The van der Waals surface area contributed by atoms with Gasteiger partial charge in [0, 0.05) is 56.7 Å². The fourth-order valence-corrected chi connectivity index (χ4v) is 4.55. The summed E-state index contributed by atoms with van der Waals surface area (Å²) in [6.45, 7) is 7.71. The molecule has 3 N–H and O–H groups in total. The van der Waals surface area contributed by atoms with Gasteiger partial charge in [-0.3, -0.25) is 4.79 Å². The summed E-state index contributed by atoms with van der Waals surface area (Å²) in [5.74, 6) is -0.617. The standard InChI is InChI=1S/C27H35FN6O4/c1-19(2)29-26(36)30-20-8-9-24(21(18-20)25(35)33-14-16-38-17-15-33)32-10-5-11-34(13-12-32)27(37)31-23-7-4-3-6-22(23)28/h3-4,6-9,18-19H,5,10-17H2,1-2H3,(H,31,37)(H2,29,30,36). The highest BCUT2D eigenvalue weighted by atomic mass is 19.1. The molecule has 0 radical (unpaired) electrons. The molecule has 0 aromatic heterocycles. The van der Waals surface area contributed by atoms with Crippen molar-refractivity contribution >= 4 is 35.0 Å². The summed E-state index contributed by atoms with van der Waals surface area (Å²) in [7, 11) is 0. The number of anilines is 3. The number of nitrogens with one attached hydrogen (secondary N) is 3. The topological polar surface area (TPSA) is 106 Å². The molecule has 11 heteroatoms. The molecule has 0 unspecified atom stereocenters. The molecule has 0 bridgehead atoms. The third-order valence-corrected chi connectivity index (χ3v) is 6.44. The molecule has 2 aliphatic heterocycles. The van der Waals surface area contributed by atoms with E-state index in [1.165, 1.54) is 12.1 Å². The van der Waals surface area contributed by atoms with Crippen LogP contribution in [0.5, 0.6) is 0 Å². The Morgan fingerprint density at radius 2 is 1.66 bits per heavy atom. The van der Waals surface area contributed by atoms with Gasteiger partial charge in [-0.15, -0.1) is 0 Å². The number of benzene rings is 2. The third kappa shape index (κ3) is 6.91. The summed E-state index contributed by atoms with van der Waals surface area (Å²) in [5.41, 5.74) is 1.89. The van der Waals surface area contributed by atoms with Crippen molar-refractivity contribution in [3.8, 4) is 0 Å². The molecule has 4 rings (SSSR count). The van der Waals surface area contributed by atoms with E-state index in [1.807, 2.05) is 19.9 Å². The van der Waals surface area contributed by atoms with E-state index in [0.29, 0.717) is 70.2 Å². The van der Waals surface area contributed by atoms with Crippen molar-refractivity contribution in [2.45, 2.75) is 26.3 Å². The Kier molecular flexibility index (Phi) is 9.01. The highest BCUT2D eigenvalue weighted by molar-refractivity contribution is 6.02. The lowest BCUT2D eigenvalue weighted by molar-refractivity contribution is 0.0303. The first kappa shape index (κ1) is 27.2. The molecular weight excluding hydrogens is 491 g/mol. The molecule has 0 saturated carbocycles. The van der Waals surface area contributed by atoms with Crippen LogP contribution in [0, 0.1) is 5.82 Å². The zero-order valence-corrected chi connectivity index (χ0v) is 21.8. The minimum Gasteiger partial charge on any atom is -0.378 e. The van der Waals surface area contributed by atoms with Crippen LogP contribution in [0.3, 0.4) is 0 Å². The summed E-state index contributed by atoms with van der Waals surface area (Å²) < 4.78 is 19.4. The van der Waals surface area contributed by atoms with Crippen molar-refractivity contribution in [1.29, 1.82) is 0 Å². The number of nitrogens with zero attached hydrogens (tertiary/aromatic N) is 3. The average molecular weight is 527 g/mol. The van der Waals surface area contributed by atoms with Crippen LogP contribution in [0.25, 0.3) is 0 Å². The fraction of sp³-hybridized carbons (Fsp3) is 0.444. The maximum atomic E-state index is 14.0. The van der Waals surface area contributed by atoms with Gasteiger partial charge in [0.05, 0.1) is 24.5 Å². The first-order valence-corrected chi connectivity index (χ1v) is 13.0. The monoisotopic (exact) mass is 526 g/mol. The number of amides is 5. The Labute approximate surface area is 222 Å². The van der Waals surface area contributed by atoms with Crippen molar-refractivity contribution in [3.05, 3.63) is 53.8 Å². The number of hydrogen-bond acceptors (Lipinski definition) is 5. The number of carbonyl (C=O) groups is 3. The molecule has 2 aromatic rings. The molecule has 38 heavy (non-hydrogen) atoms. The van der Waals surface area contributed by atoms with Gasteiger partial charge < -0.3 is 35.4 Å². The summed E-state index contributed by atoms with van der Waals surface area (Å²) in [4.78, 5) is 44.2. The van der Waals surface area contributed by atoms with Gasteiger partial charge in [0.25, 0.3) is 5.91 Å². The van der Waals surface area contributed by atoms with Gasteiger partial charge in [-0.25, -0.2) is 14.0 Å². The van der Waals surface area contributed by atoms with Crippen LogP contribution >= 0.6 is 0 Å². The largest absolute Gasteiger partial charge is 0.378 e. The van der Waals surface area contributed by atoms with E-state index in [-0.39, 0.29) is 29.7 Å².